The molecule has 3 heteroatoms. The molecule has 0 bridgehead atoms. The molecule has 0 aliphatic heterocycles. The van der Waals surface area contributed by atoms with Gasteiger partial charge in [0.05, 0.1) is 5.69 Å². The van der Waals surface area contributed by atoms with Gasteiger partial charge in [-0.1, -0.05) is 140 Å². The number of allylic oxidation sites excluding steroid dienone is 1. The molecule has 0 saturated heterocycles. The number of hydrogen-bond acceptors (Lipinski definition) is 3. The minimum absolute atomic E-state index is 0.865. The highest BCUT2D eigenvalue weighted by atomic mass is 16.3. The van der Waals surface area contributed by atoms with Gasteiger partial charge in [-0.15, -0.1) is 0 Å². The molecular weight excluding hydrogens is 671 g/mol. The summed E-state index contributed by atoms with van der Waals surface area (Å²) in [5.41, 5.74) is 16.2. The van der Waals surface area contributed by atoms with Crippen LogP contribution in [-0.2, 0) is 6.42 Å². The number of aryl methyl sites for hydroxylation is 1. The second-order valence-electron chi connectivity index (χ2n) is 14.4. The van der Waals surface area contributed by atoms with E-state index in [4.69, 9.17) is 8.83 Å². The molecule has 0 saturated carbocycles. The van der Waals surface area contributed by atoms with E-state index in [2.05, 4.69) is 181 Å². The zero-order valence-electron chi connectivity index (χ0n) is 30.1. The molecule has 10 aromatic rings. The fourth-order valence-electron chi connectivity index (χ4n) is 8.51. The third kappa shape index (κ3) is 5.27. The monoisotopic (exact) mass is 705 g/mol. The summed E-state index contributed by atoms with van der Waals surface area (Å²) in [6, 6.07) is 62.6. The number of anilines is 3. The molecule has 2 heterocycles. The smallest absolute Gasteiger partial charge is 0.143 e. The Labute approximate surface area is 319 Å². The molecule has 8 aromatic carbocycles. The summed E-state index contributed by atoms with van der Waals surface area (Å²) in [6.45, 7) is 0. The summed E-state index contributed by atoms with van der Waals surface area (Å²) in [5.74, 6) is 0. The summed E-state index contributed by atoms with van der Waals surface area (Å²) < 4.78 is 13.5. The molecule has 0 atom stereocenters. The van der Waals surface area contributed by atoms with Crippen LogP contribution in [0.15, 0.2) is 191 Å². The molecule has 0 unspecified atom stereocenters. The third-order valence-corrected chi connectivity index (χ3v) is 11.1. The topological polar surface area (TPSA) is 29.5 Å². The van der Waals surface area contributed by atoms with Crippen LogP contribution in [0, 0.1) is 0 Å². The number of benzene rings is 8. The zero-order chi connectivity index (χ0) is 36.3. The minimum Gasteiger partial charge on any atom is -0.456 e. The largest absolute Gasteiger partial charge is 0.456 e. The first kappa shape index (κ1) is 31.4. The first-order valence-corrected chi connectivity index (χ1v) is 19.0. The summed E-state index contributed by atoms with van der Waals surface area (Å²) in [4.78, 5) is 2.40. The zero-order valence-corrected chi connectivity index (χ0v) is 30.1. The standard InChI is InChI=1S/C52H35NO2/c1-3-14-34(15-4-1)36-18-11-20-38(30-36)41-25-13-26-46-47-33-48(42-22-7-8-24-45(42)52(47)55-51(41)46)53(39-21-12-19-37(31-39)35-16-5-2-6-17-35)40-28-29-44-43-23-9-10-27-49(43)54-50(44)32-40/h1-7,9-23,25-33H,8,24H2. The maximum atomic E-state index is 7.03. The Balaban J connectivity index is 1.15. The van der Waals surface area contributed by atoms with Gasteiger partial charge in [-0.05, 0) is 83.1 Å². The molecule has 11 rings (SSSR count). The highest BCUT2D eigenvalue weighted by molar-refractivity contribution is 6.13. The van der Waals surface area contributed by atoms with E-state index in [1.165, 1.54) is 27.8 Å². The van der Waals surface area contributed by atoms with Gasteiger partial charge in [0.15, 0.2) is 0 Å². The second-order valence-corrected chi connectivity index (χ2v) is 14.4. The van der Waals surface area contributed by atoms with Crippen LogP contribution in [-0.4, -0.2) is 0 Å². The molecule has 1 aliphatic carbocycles. The van der Waals surface area contributed by atoms with E-state index < -0.39 is 0 Å². The molecule has 0 fully saturated rings. The summed E-state index contributed by atoms with van der Waals surface area (Å²) in [6.07, 6.45) is 6.44. The maximum Gasteiger partial charge on any atom is 0.143 e. The Morgan fingerprint density at radius 1 is 0.418 bits per heavy atom. The first-order chi connectivity index (χ1) is 27.3. The summed E-state index contributed by atoms with van der Waals surface area (Å²) in [7, 11) is 0. The van der Waals surface area contributed by atoms with Crippen LogP contribution in [0.1, 0.15) is 17.5 Å². The van der Waals surface area contributed by atoms with E-state index in [9.17, 15) is 0 Å². The summed E-state index contributed by atoms with van der Waals surface area (Å²) in [5, 5.41) is 4.47. The van der Waals surface area contributed by atoms with Crippen molar-refractivity contribution in [3.8, 4) is 33.4 Å². The van der Waals surface area contributed by atoms with Gasteiger partial charge in [0, 0.05) is 55.7 Å². The fourth-order valence-corrected chi connectivity index (χ4v) is 8.51. The molecular formula is C52H35NO2. The van der Waals surface area contributed by atoms with Crippen LogP contribution < -0.4 is 4.90 Å². The number of para-hydroxylation sites is 2. The van der Waals surface area contributed by atoms with Crippen LogP contribution in [0.5, 0.6) is 0 Å². The van der Waals surface area contributed by atoms with E-state index in [0.29, 0.717) is 0 Å². The van der Waals surface area contributed by atoms with Gasteiger partial charge >= 0.3 is 0 Å². The Kier molecular flexibility index (Phi) is 7.31. The second kappa shape index (κ2) is 12.8. The van der Waals surface area contributed by atoms with Crippen molar-refractivity contribution in [1.29, 1.82) is 0 Å². The van der Waals surface area contributed by atoms with Crippen molar-refractivity contribution in [2.45, 2.75) is 12.8 Å². The molecule has 0 spiro atoms. The number of furan rings is 2. The van der Waals surface area contributed by atoms with Gasteiger partial charge < -0.3 is 13.7 Å². The number of fused-ring (bicyclic) bond motifs is 8. The molecule has 2 aromatic heterocycles. The van der Waals surface area contributed by atoms with E-state index >= 15 is 0 Å². The molecule has 0 amide bonds. The molecule has 260 valence electrons. The average molecular weight is 706 g/mol. The van der Waals surface area contributed by atoms with Gasteiger partial charge in [0.1, 0.15) is 22.3 Å². The van der Waals surface area contributed by atoms with E-state index in [0.717, 1.165) is 90.5 Å². The lowest BCUT2D eigenvalue weighted by Gasteiger charge is -2.29. The van der Waals surface area contributed by atoms with Crippen molar-refractivity contribution in [2.75, 3.05) is 4.90 Å². The predicted molar refractivity (Wildman–Crippen MR) is 229 cm³/mol. The van der Waals surface area contributed by atoms with E-state index in [1.54, 1.807) is 0 Å². The fraction of sp³-hybridized carbons (Fsp3) is 0.0385. The molecule has 3 nitrogen and oxygen atoms in total. The van der Waals surface area contributed by atoms with Crippen molar-refractivity contribution in [3.63, 3.8) is 0 Å². The molecule has 1 aliphatic rings. The van der Waals surface area contributed by atoms with Crippen molar-refractivity contribution in [2.24, 2.45) is 0 Å². The first-order valence-electron chi connectivity index (χ1n) is 19.0. The van der Waals surface area contributed by atoms with E-state index in [1.807, 2.05) is 12.1 Å². The van der Waals surface area contributed by atoms with Gasteiger partial charge in [-0.2, -0.15) is 0 Å². The summed E-state index contributed by atoms with van der Waals surface area (Å²) >= 11 is 0. The number of hydrogen-bond donors (Lipinski definition) is 0. The van der Waals surface area contributed by atoms with Crippen molar-refractivity contribution in [1.82, 2.24) is 0 Å². The van der Waals surface area contributed by atoms with Crippen molar-refractivity contribution in [3.05, 3.63) is 193 Å². The van der Waals surface area contributed by atoms with Crippen LogP contribution in [0.3, 0.4) is 0 Å². The normalized spacial score (nSPS) is 12.5. The number of nitrogens with zero attached hydrogens (tertiary/aromatic N) is 1. The van der Waals surface area contributed by atoms with Gasteiger partial charge in [0.25, 0.3) is 0 Å². The lowest BCUT2D eigenvalue weighted by atomic mass is 9.91. The molecule has 0 N–H and O–H groups in total. The predicted octanol–water partition coefficient (Wildman–Crippen LogP) is 14.9. The Morgan fingerprint density at radius 2 is 1.07 bits per heavy atom. The maximum absolute atomic E-state index is 7.03. The number of rotatable bonds is 6. The SMILES string of the molecule is C1=Cc2c(N(c3cccc(-c4ccccc4)c3)c3ccc4c(c3)oc3ccccc34)cc3c(oc4c(-c5cccc(-c6ccccc6)c5)cccc43)c2CC1. The molecule has 0 radical (unpaired) electrons. The lowest BCUT2D eigenvalue weighted by molar-refractivity contribution is 0.662. The quantitative estimate of drug-likeness (QED) is 0.172. The Hall–Kier alpha value is -7.10. The Bertz CT molecular complexity index is 3090. The average Bonchev–Trinajstić information content (AvgIpc) is 3.83. The van der Waals surface area contributed by atoms with Crippen LogP contribution in [0.4, 0.5) is 17.1 Å². The highest BCUT2D eigenvalue weighted by Crippen LogP contribution is 2.48. The van der Waals surface area contributed by atoms with Gasteiger partial charge in [-0.3, -0.25) is 0 Å². The lowest BCUT2D eigenvalue weighted by Crippen LogP contribution is -2.13. The van der Waals surface area contributed by atoms with Crippen LogP contribution in [0.25, 0.3) is 83.3 Å². The molecule has 55 heavy (non-hydrogen) atoms. The van der Waals surface area contributed by atoms with Crippen LogP contribution in [0.2, 0.25) is 0 Å². The van der Waals surface area contributed by atoms with Crippen molar-refractivity contribution >= 4 is 67.0 Å². The third-order valence-electron chi connectivity index (χ3n) is 11.1. The Morgan fingerprint density at radius 3 is 1.91 bits per heavy atom. The van der Waals surface area contributed by atoms with E-state index in [-0.39, 0.29) is 0 Å². The van der Waals surface area contributed by atoms with Crippen LogP contribution >= 0.6 is 0 Å². The van der Waals surface area contributed by atoms with Gasteiger partial charge in [-0.25, -0.2) is 0 Å². The highest BCUT2D eigenvalue weighted by Gasteiger charge is 2.26. The minimum atomic E-state index is 0.865. The van der Waals surface area contributed by atoms with Gasteiger partial charge in [0.2, 0.25) is 0 Å². The van der Waals surface area contributed by atoms with Crippen molar-refractivity contribution < 1.29 is 8.83 Å².